The Morgan fingerprint density at radius 1 is 1.36 bits per heavy atom. The number of furan rings is 1. The van der Waals surface area contributed by atoms with Gasteiger partial charge in [0.1, 0.15) is 11.5 Å². The minimum Gasteiger partial charge on any atom is -0.457 e. The second-order valence-corrected chi connectivity index (χ2v) is 8.02. The molecule has 3 heterocycles. The Morgan fingerprint density at radius 2 is 2.21 bits per heavy atom. The number of carbonyl (C=O) groups is 1. The van der Waals surface area contributed by atoms with E-state index < -0.39 is 4.92 Å². The van der Waals surface area contributed by atoms with Gasteiger partial charge in [0.2, 0.25) is 0 Å². The molecule has 2 aliphatic heterocycles. The highest BCUT2D eigenvalue weighted by atomic mass is 32.2. The van der Waals surface area contributed by atoms with Crippen LogP contribution < -0.4 is 0 Å². The van der Waals surface area contributed by atoms with Gasteiger partial charge < -0.3 is 9.32 Å². The second kappa shape index (κ2) is 7.63. The third kappa shape index (κ3) is 3.87. The summed E-state index contributed by atoms with van der Waals surface area (Å²) in [7, 11) is 0. The first-order valence-electron chi connectivity index (χ1n) is 9.12. The molecule has 0 unspecified atom stereocenters. The van der Waals surface area contributed by atoms with Crippen molar-refractivity contribution < 1.29 is 14.1 Å². The minimum absolute atomic E-state index is 0.00383. The largest absolute Gasteiger partial charge is 0.457 e. The van der Waals surface area contributed by atoms with Crippen molar-refractivity contribution in [1.29, 1.82) is 0 Å². The van der Waals surface area contributed by atoms with Crippen LogP contribution in [0.25, 0.3) is 17.4 Å². The number of nitrogens with zero attached hydrogens (tertiary/aromatic N) is 3. The quantitative estimate of drug-likeness (QED) is 0.429. The molecule has 8 heteroatoms. The molecule has 1 aromatic heterocycles. The van der Waals surface area contributed by atoms with Crippen molar-refractivity contribution in [3.63, 3.8) is 0 Å². The zero-order chi connectivity index (χ0) is 19.7. The number of likely N-dealkylation sites (tertiary alicyclic amines) is 1. The predicted octanol–water partition coefficient (Wildman–Crippen LogP) is 4.56. The highest BCUT2D eigenvalue weighted by Crippen LogP contribution is 2.33. The molecule has 0 radical (unpaired) electrons. The summed E-state index contributed by atoms with van der Waals surface area (Å²) in [6.07, 6.45) is 3.99. The molecule has 0 spiro atoms. The molecule has 0 saturated carbocycles. The fraction of sp³-hybridized carbons (Fsp3) is 0.300. The van der Waals surface area contributed by atoms with Crippen LogP contribution >= 0.6 is 11.8 Å². The molecule has 0 N–H and O–H groups in total. The van der Waals surface area contributed by atoms with Gasteiger partial charge in [-0.2, -0.15) is 4.99 Å². The van der Waals surface area contributed by atoms with E-state index in [4.69, 9.17) is 4.42 Å². The maximum absolute atomic E-state index is 12.3. The molecule has 2 aromatic rings. The second-order valence-electron chi connectivity index (χ2n) is 7.01. The van der Waals surface area contributed by atoms with Crippen molar-refractivity contribution in [3.05, 3.63) is 57.2 Å². The fourth-order valence-corrected chi connectivity index (χ4v) is 4.31. The van der Waals surface area contributed by atoms with Gasteiger partial charge in [0.25, 0.3) is 11.6 Å². The van der Waals surface area contributed by atoms with Crippen LogP contribution in [-0.4, -0.2) is 34.0 Å². The van der Waals surface area contributed by atoms with E-state index in [1.165, 1.54) is 30.3 Å². The number of aliphatic imine (C=N–C) groups is 1. The third-order valence-corrected chi connectivity index (χ3v) is 5.82. The number of hydrogen-bond donors (Lipinski definition) is 0. The van der Waals surface area contributed by atoms with Crippen molar-refractivity contribution in [2.75, 3.05) is 13.1 Å². The van der Waals surface area contributed by atoms with E-state index in [2.05, 4.69) is 16.8 Å². The number of non-ortho nitro benzene ring substituents is 1. The normalized spacial score (nSPS) is 21.2. The Kier molecular flexibility index (Phi) is 5.04. The Labute approximate surface area is 166 Å². The van der Waals surface area contributed by atoms with Crippen molar-refractivity contribution in [2.24, 2.45) is 10.9 Å². The van der Waals surface area contributed by atoms with Crippen molar-refractivity contribution in [2.45, 2.75) is 19.8 Å². The standard InChI is InChI=1S/C20H19N3O4S/c1-13-4-3-9-22(12-13)20-21-19(24)18(28-20)11-16-7-8-17(27-16)14-5-2-6-15(10-14)23(25)26/h2,5-8,10-11,13H,3-4,9,12H2,1H3/b18-11-/t13-/m1/s1. The van der Waals surface area contributed by atoms with Crippen LogP contribution in [0.4, 0.5) is 5.69 Å². The lowest BCUT2D eigenvalue weighted by molar-refractivity contribution is -0.384. The van der Waals surface area contributed by atoms with Gasteiger partial charge >= 0.3 is 0 Å². The first kappa shape index (κ1) is 18.5. The lowest BCUT2D eigenvalue weighted by Gasteiger charge is -2.31. The van der Waals surface area contributed by atoms with Gasteiger partial charge in [0.05, 0.1) is 9.83 Å². The van der Waals surface area contributed by atoms with E-state index in [1.54, 1.807) is 30.3 Å². The summed E-state index contributed by atoms with van der Waals surface area (Å²) in [4.78, 5) is 29.7. The Morgan fingerprint density at radius 3 is 3.00 bits per heavy atom. The number of rotatable bonds is 3. The summed E-state index contributed by atoms with van der Waals surface area (Å²) in [6.45, 7) is 4.06. The molecule has 0 aliphatic carbocycles. The minimum atomic E-state index is -0.441. The smallest absolute Gasteiger partial charge is 0.286 e. The molecule has 7 nitrogen and oxygen atoms in total. The summed E-state index contributed by atoms with van der Waals surface area (Å²) in [5, 5.41) is 11.7. The van der Waals surface area contributed by atoms with Crippen LogP contribution in [0.3, 0.4) is 0 Å². The lowest BCUT2D eigenvalue weighted by Crippen LogP contribution is -2.37. The van der Waals surface area contributed by atoms with Gasteiger partial charge in [0, 0.05) is 36.9 Å². The van der Waals surface area contributed by atoms with Crippen molar-refractivity contribution >= 4 is 34.6 Å². The van der Waals surface area contributed by atoms with Crippen LogP contribution in [0.5, 0.6) is 0 Å². The van der Waals surface area contributed by atoms with Crippen LogP contribution in [0.1, 0.15) is 25.5 Å². The maximum atomic E-state index is 12.3. The van der Waals surface area contributed by atoms with E-state index >= 15 is 0 Å². The number of thioether (sulfide) groups is 1. The number of hydrogen-bond acceptors (Lipinski definition) is 6. The summed E-state index contributed by atoms with van der Waals surface area (Å²) in [6, 6.07) is 9.74. The van der Waals surface area contributed by atoms with Gasteiger partial charge in [-0.3, -0.25) is 14.9 Å². The summed E-state index contributed by atoms with van der Waals surface area (Å²) in [5.41, 5.74) is 0.618. The van der Waals surface area contributed by atoms with Gasteiger partial charge in [-0.15, -0.1) is 0 Å². The molecule has 2 aliphatic rings. The number of nitro benzene ring substituents is 1. The summed E-state index contributed by atoms with van der Waals surface area (Å²) in [5.74, 6) is 1.37. The maximum Gasteiger partial charge on any atom is 0.286 e. The topological polar surface area (TPSA) is 89.0 Å². The fourth-order valence-electron chi connectivity index (χ4n) is 3.38. The number of benzene rings is 1. The molecule has 1 fully saturated rings. The molecule has 1 saturated heterocycles. The molecule has 1 aromatic carbocycles. The first-order valence-corrected chi connectivity index (χ1v) is 9.93. The molecule has 0 bridgehead atoms. The predicted molar refractivity (Wildman–Crippen MR) is 109 cm³/mol. The molecule has 1 atom stereocenters. The Bertz CT molecular complexity index is 995. The lowest BCUT2D eigenvalue weighted by atomic mass is 10.0. The molecule has 144 valence electrons. The molecule has 4 rings (SSSR count). The number of amidine groups is 1. The molecular weight excluding hydrogens is 378 g/mol. The van der Waals surface area contributed by atoms with E-state index in [1.807, 2.05) is 0 Å². The SMILES string of the molecule is C[C@@H]1CCCN(C2=NC(=O)/C(=C/c3ccc(-c4cccc([N+](=O)[O-])c4)o3)S2)C1. The van der Waals surface area contributed by atoms with Crippen LogP contribution in [0.15, 0.2) is 50.7 Å². The number of nitro groups is 1. The van der Waals surface area contributed by atoms with Crippen molar-refractivity contribution in [1.82, 2.24) is 4.90 Å². The Balaban J connectivity index is 1.51. The Hall–Kier alpha value is -2.87. The number of carbonyl (C=O) groups excluding carboxylic acids is 1. The van der Waals surface area contributed by atoms with Gasteiger partial charge in [-0.25, -0.2) is 0 Å². The zero-order valence-corrected chi connectivity index (χ0v) is 16.1. The summed E-state index contributed by atoms with van der Waals surface area (Å²) < 4.78 is 5.78. The van der Waals surface area contributed by atoms with Gasteiger partial charge in [-0.05, 0) is 42.7 Å². The first-order chi connectivity index (χ1) is 13.5. The zero-order valence-electron chi connectivity index (χ0n) is 15.3. The van der Waals surface area contributed by atoms with E-state index in [0.29, 0.717) is 27.9 Å². The highest BCUT2D eigenvalue weighted by Gasteiger charge is 2.28. The average Bonchev–Trinajstić information content (AvgIpc) is 3.29. The summed E-state index contributed by atoms with van der Waals surface area (Å²) >= 11 is 1.37. The van der Waals surface area contributed by atoms with Crippen LogP contribution in [-0.2, 0) is 4.79 Å². The van der Waals surface area contributed by atoms with Crippen LogP contribution in [0.2, 0.25) is 0 Å². The van der Waals surface area contributed by atoms with Crippen molar-refractivity contribution in [3.8, 4) is 11.3 Å². The third-order valence-electron chi connectivity index (χ3n) is 4.78. The van der Waals surface area contributed by atoms with Gasteiger partial charge in [0.15, 0.2) is 5.17 Å². The van der Waals surface area contributed by atoms with E-state index in [9.17, 15) is 14.9 Å². The monoisotopic (exact) mass is 397 g/mol. The van der Waals surface area contributed by atoms with Crippen LogP contribution in [0, 0.1) is 16.0 Å². The average molecular weight is 397 g/mol. The number of piperidine rings is 1. The number of amides is 1. The molecule has 1 amide bonds. The van der Waals surface area contributed by atoms with Gasteiger partial charge in [-0.1, -0.05) is 19.1 Å². The highest BCUT2D eigenvalue weighted by molar-refractivity contribution is 8.18. The van der Waals surface area contributed by atoms with E-state index in [0.717, 1.165) is 24.7 Å². The molecular formula is C20H19N3O4S. The van der Waals surface area contributed by atoms with E-state index in [-0.39, 0.29) is 11.6 Å². The molecule has 28 heavy (non-hydrogen) atoms.